The van der Waals surface area contributed by atoms with E-state index in [0.717, 1.165) is 17.0 Å². The van der Waals surface area contributed by atoms with E-state index < -0.39 is 34.3 Å². The molecule has 0 saturated heterocycles. The molecule has 0 spiro atoms. The molecule has 0 unspecified atom stereocenters. The Morgan fingerprint density at radius 3 is 2.39 bits per heavy atom. The minimum atomic E-state index is -3.83. The van der Waals surface area contributed by atoms with E-state index >= 15 is 0 Å². The number of ether oxygens (including phenoxy) is 1. The molecule has 0 aliphatic heterocycles. The van der Waals surface area contributed by atoms with Crippen LogP contribution in [0.3, 0.4) is 0 Å². The van der Waals surface area contributed by atoms with Gasteiger partial charge in [-0.25, -0.2) is 12.8 Å². The van der Waals surface area contributed by atoms with Gasteiger partial charge in [-0.1, -0.05) is 25.1 Å². The quantitative estimate of drug-likeness (QED) is 0.534. The molecule has 0 bridgehead atoms. The van der Waals surface area contributed by atoms with Gasteiger partial charge in [0.15, 0.2) is 0 Å². The van der Waals surface area contributed by atoms with Crippen LogP contribution in [0.25, 0.3) is 0 Å². The Labute approximate surface area is 194 Å². The predicted molar refractivity (Wildman–Crippen MR) is 125 cm³/mol. The van der Waals surface area contributed by atoms with E-state index in [1.807, 2.05) is 6.92 Å². The molecule has 1 N–H and O–H groups in total. The average molecular weight is 480 g/mol. The van der Waals surface area contributed by atoms with Crippen LogP contribution in [0.15, 0.2) is 48.5 Å². The van der Waals surface area contributed by atoms with E-state index in [0.29, 0.717) is 17.9 Å². The van der Waals surface area contributed by atoms with Crippen LogP contribution in [0.1, 0.15) is 25.8 Å². The van der Waals surface area contributed by atoms with E-state index in [2.05, 4.69) is 5.32 Å². The van der Waals surface area contributed by atoms with Crippen LogP contribution in [0.2, 0.25) is 0 Å². The van der Waals surface area contributed by atoms with Crippen LogP contribution in [0, 0.1) is 5.82 Å². The van der Waals surface area contributed by atoms with Crippen molar-refractivity contribution in [2.45, 2.75) is 32.9 Å². The van der Waals surface area contributed by atoms with Crippen molar-refractivity contribution in [3.63, 3.8) is 0 Å². The summed E-state index contributed by atoms with van der Waals surface area (Å²) in [5.41, 5.74) is 0.863. The SMILES string of the molecule is CCCNC(=O)[C@H](C)N(Cc1ccc(F)cc1)C(=O)CN(c1cccc(OC)c1)S(C)(=O)=O. The van der Waals surface area contributed by atoms with Crippen molar-refractivity contribution in [2.75, 3.05) is 30.8 Å². The van der Waals surface area contributed by atoms with E-state index in [1.54, 1.807) is 25.1 Å². The molecule has 10 heteroatoms. The molecule has 0 aliphatic rings. The molecule has 0 fully saturated rings. The Kier molecular flexibility index (Phi) is 9.22. The van der Waals surface area contributed by atoms with Crippen LogP contribution in [-0.2, 0) is 26.2 Å². The number of carbonyl (C=O) groups excluding carboxylic acids is 2. The highest BCUT2D eigenvalue weighted by molar-refractivity contribution is 7.92. The molecular formula is C23H30FN3O5S. The number of benzene rings is 2. The molecule has 8 nitrogen and oxygen atoms in total. The second kappa shape index (κ2) is 11.6. The molecule has 0 saturated carbocycles. The standard InChI is InChI=1S/C23H30FN3O5S/c1-5-13-25-23(29)17(2)26(15-18-9-11-19(24)12-10-18)22(28)16-27(33(4,30)31)20-7-6-8-21(14-20)32-3/h6-12,14,17H,5,13,15-16H2,1-4H3,(H,25,29)/t17-/m0/s1. The second-order valence-corrected chi connectivity index (χ2v) is 9.49. The number of methoxy groups -OCH3 is 1. The van der Waals surface area contributed by atoms with E-state index in [-0.39, 0.29) is 18.1 Å². The van der Waals surface area contributed by atoms with E-state index in [9.17, 15) is 22.4 Å². The zero-order valence-electron chi connectivity index (χ0n) is 19.2. The predicted octanol–water partition coefficient (Wildman–Crippen LogP) is 2.54. The fraction of sp³-hybridized carbons (Fsp3) is 0.391. The second-order valence-electron chi connectivity index (χ2n) is 7.59. The highest BCUT2D eigenvalue weighted by Gasteiger charge is 2.30. The number of hydrogen-bond donors (Lipinski definition) is 1. The monoisotopic (exact) mass is 479 g/mol. The summed E-state index contributed by atoms with van der Waals surface area (Å²) in [5.74, 6) is -0.929. The first kappa shape index (κ1) is 26.1. The fourth-order valence-electron chi connectivity index (χ4n) is 3.14. The molecule has 2 rings (SSSR count). The summed E-state index contributed by atoms with van der Waals surface area (Å²) in [6, 6.07) is 11.0. The van der Waals surface area contributed by atoms with Crippen LogP contribution in [-0.4, -0.2) is 57.6 Å². The first-order valence-electron chi connectivity index (χ1n) is 10.5. The number of hydrogen-bond acceptors (Lipinski definition) is 5. The number of rotatable bonds is 11. The maximum absolute atomic E-state index is 13.4. The maximum Gasteiger partial charge on any atom is 0.244 e. The van der Waals surface area contributed by atoms with Gasteiger partial charge in [0, 0.05) is 19.2 Å². The minimum Gasteiger partial charge on any atom is -0.497 e. The summed E-state index contributed by atoms with van der Waals surface area (Å²) in [4.78, 5) is 27.3. The van der Waals surface area contributed by atoms with Crippen LogP contribution >= 0.6 is 0 Å². The topological polar surface area (TPSA) is 96.0 Å². The Morgan fingerprint density at radius 2 is 1.82 bits per heavy atom. The zero-order chi connectivity index (χ0) is 24.6. The smallest absolute Gasteiger partial charge is 0.244 e. The molecule has 0 aromatic heterocycles. The summed E-state index contributed by atoms with van der Waals surface area (Å²) in [6.45, 7) is 3.42. The van der Waals surface area contributed by atoms with Crippen LogP contribution in [0.4, 0.5) is 10.1 Å². The van der Waals surface area contributed by atoms with Crippen molar-refractivity contribution in [1.82, 2.24) is 10.2 Å². The van der Waals surface area contributed by atoms with E-state index in [4.69, 9.17) is 4.74 Å². The zero-order valence-corrected chi connectivity index (χ0v) is 20.1. The average Bonchev–Trinajstić information content (AvgIpc) is 2.79. The lowest BCUT2D eigenvalue weighted by Gasteiger charge is -2.31. The first-order chi connectivity index (χ1) is 15.6. The maximum atomic E-state index is 13.4. The van der Waals surface area contributed by atoms with Crippen molar-refractivity contribution >= 4 is 27.5 Å². The van der Waals surface area contributed by atoms with Gasteiger partial charge in [-0.05, 0) is 43.2 Å². The molecule has 1 atom stereocenters. The number of nitrogens with one attached hydrogen (secondary N) is 1. The highest BCUT2D eigenvalue weighted by Crippen LogP contribution is 2.23. The first-order valence-corrected chi connectivity index (χ1v) is 12.3. The van der Waals surface area contributed by atoms with Crippen molar-refractivity contribution in [3.8, 4) is 5.75 Å². The van der Waals surface area contributed by atoms with Crippen LogP contribution in [0.5, 0.6) is 5.75 Å². The summed E-state index contributed by atoms with van der Waals surface area (Å²) in [7, 11) is -2.38. The molecule has 2 aromatic carbocycles. The van der Waals surface area contributed by atoms with Gasteiger partial charge in [0.2, 0.25) is 21.8 Å². The summed E-state index contributed by atoms with van der Waals surface area (Å²) < 4.78 is 44.5. The van der Waals surface area contributed by atoms with Crippen LogP contribution < -0.4 is 14.4 Å². The lowest BCUT2D eigenvalue weighted by molar-refractivity contribution is -0.139. The largest absolute Gasteiger partial charge is 0.497 e. The van der Waals surface area contributed by atoms with Gasteiger partial charge < -0.3 is 15.0 Å². The highest BCUT2D eigenvalue weighted by atomic mass is 32.2. The minimum absolute atomic E-state index is 0.00946. The number of amides is 2. The lowest BCUT2D eigenvalue weighted by Crippen LogP contribution is -2.51. The molecule has 180 valence electrons. The lowest BCUT2D eigenvalue weighted by atomic mass is 10.1. The summed E-state index contributed by atoms with van der Waals surface area (Å²) in [5, 5.41) is 2.75. The van der Waals surface area contributed by atoms with Gasteiger partial charge in [-0.15, -0.1) is 0 Å². The number of anilines is 1. The number of halogens is 1. The Balaban J connectivity index is 2.37. The Bertz CT molecular complexity index is 1060. The number of nitrogens with zero attached hydrogens (tertiary/aromatic N) is 2. The molecular weight excluding hydrogens is 449 g/mol. The van der Waals surface area contributed by atoms with Gasteiger partial charge in [0.25, 0.3) is 0 Å². The van der Waals surface area contributed by atoms with Gasteiger partial charge in [-0.3, -0.25) is 13.9 Å². The Hall–Kier alpha value is -3.14. The Morgan fingerprint density at radius 1 is 1.15 bits per heavy atom. The van der Waals surface area contributed by atoms with E-state index in [1.165, 1.54) is 42.3 Å². The third kappa shape index (κ3) is 7.45. The molecule has 2 aromatic rings. The van der Waals surface area contributed by atoms with Gasteiger partial charge >= 0.3 is 0 Å². The molecule has 2 amide bonds. The summed E-state index contributed by atoms with van der Waals surface area (Å²) in [6.07, 6.45) is 1.73. The van der Waals surface area contributed by atoms with Gasteiger partial charge in [0.05, 0.1) is 19.1 Å². The van der Waals surface area contributed by atoms with Crippen molar-refractivity contribution in [1.29, 1.82) is 0 Å². The number of sulfonamides is 1. The fourth-order valence-corrected chi connectivity index (χ4v) is 3.99. The third-order valence-corrected chi connectivity index (χ3v) is 6.14. The molecule has 0 aliphatic carbocycles. The van der Waals surface area contributed by atoms with Gasteiger partial charge in [-0.2, -0.15) is 0 Å². The van der Waals surface area contributed by atoms with Crippen molar-refractivity contribution in [2.24, 2.45) is 0 Å². The number of carbonyl (C=O) groups is 2. The van der Waals surface area contributed by atoms with Crippen molar-refractivity contribution < 1.29 is 27.1 Å². The van der Waals surface area contributed by atoms with Gasteiger partial charge in [0.1, 0.15) is 24.2 Å². The molecule has 0 radical (unpaired) electrons. The molecule has 0 heterocycles. The normalized spacial score (nSPS) is 12.0. The van der Waals surface area contributed by atoms with Crippen molar-refractivity contribution in [3.05, 3.63) is 59.9 Å². The molecule has 33 heavy (non-hydrogen) atoms. The third-order valence-electron chi connectivity index (χ3n) is 5.00. The summed E-state index contributed by atoms with van der Waals surface area (Å²) >= 11 is 0.